The summed E-state index contributed by atoms with van der Waals surface area (Å²) in [6, 6.07) is 18.2. The highest BCUT2D eigenvalue weighted by molar-refractivity contribution is 9.11. The summed E-state index contributed by atoms with van der Waals surface area (Å²) in [7, 11) is 0. The van der Waals surface area contributed by atoms with E-state index in [9.17, 15) is 19.2 Å². The number of hydrogen-bond donors (Lipinski definition) is 0. The Balaban J connectivity index is 1.35. The SMILES string of the molecule is O=C(CCc1cc(Br)c(OC(=O)c2c3ccccc3nc3ccccc23)c(Br)c1)ON1C(=O)CCC1=O. The number of amides is 2. The van der Waals surface area contributed by atoms with Crippen molar-refractivity contribution in [2.45, 2.75) is 25.7 Å². The molecule has 0 bridgehead atoms. The maximum atomic E-state index is 13.5. The molecule has 10 heteroatoms. The van der Waals surface area contributed by atoms with Crippen LogP contribution in [0.2, 0.25) is 0 Å². The minimum Gasteiger partial charge on any atom is -0.420 e. The van der Waals surface area contributed by atoms with Gasteiger partial charge in [-0.05, 0) is 68.1 Å². The van der Waals surface area contributed by atoms with Crippen LogP contribution >= 0.6 is 31.9 Å². The van der Waals surface area contributed by atoms with Gasteiger partial charge in [-0.1, -0.05) is 36.4 Å². The van der Waals surface area contributed by atoms with Gasteiger partial charge in [0.1, 0.15) is 0 Å². The smallest absolute Gasteiger partial charge is 0.344 e. The van der Waals surface area contributed by atoms with Gasteiger partial charge < -0.3 is 9.57 Å². The minimum atomic E-state index is -0.692. The monoisotopic (exact) mass is 624 g/mol. The fraction of sp³-hybridized carbons (Fsp3) is 0.148. The van der Waals surface area contributed by atoms with E-state index in [1.165, 1.54) is 0 Å². The molecule has 8 nitrogen and oxygen atoms in total. The summed E-state index contributed by atoms with van der Waals surface area (Å²) in [6.07, 6.45) is 0.304. The number of fused-ring (bicyclic) bond motifs is 2. The average Bonchev–Trinajstić information content (AvgIpc) is 3.20. The van der Waals surface area contributed by atoms with Crippen molar-refractivity contribution >= 4 is 77.4 Å². The summed E-state index contributed by atoms with van der Waals surface area (Å²) >= 11 is 6.92. The number of rotatable bonds is 6. The molecule has 0 saturated carbocycles. The Morgan fingerprint density at radius 1 is 0.865 bits per heavy atom. The zero-order valence-electron chi connectivity index (χ0n) is 19.2. The fourth-order valence-electron chi connectivity index (χ4n) is 4.11. The van der Waals surface area contributed by atoms with Gasteiger partial charge in [0.25, 0.3) is 11.8 Å². The third-order valence-electron chi connectivity index (χ3n) is 5.86. The second-order valence-corrected chi connectivity index (χ2v) is 10.1. The molecule has 5 rings (SSSR count). The Morgan fingerprint density at radius 3 is 1.97 bits per heavy atom. The number of ether oxygens (including phenoxy) is 1. The molecule has 0 unspecified atom stereocenters. The van der Waals surface area contributed by atoms with Gasteiger partial charge in [0.15, 0.2) is 5.75 Å². The van der Waals surface area contributed by atoms with Crippen LogP contribution in [0.4, 0.5) is 0 Å². The maximum absolute atomic E-state index is 13.5. The summed E-state index contributed by atoms with van der Waals surface area (Å²) in [5, 5.41) is 1.90. The lowest BCUT2D eigenvalue weighted by Crippen LogP contribution is -2.32. The van der Waals surface area contributed by atoms with E-state index in [4.69, 9.17) is 9.57 Å². The van der Waals surface area contributed by atoms with E-state index in [1.807, 2.05) is 48.5 Å². The van der Waals surface area contributed by atoms with E-state index >= 15 is 0 Å². The lowest BCUT2D eigenvalue weighted by Gasteiger charge is -2.14. The molecule has 0 N–H and O–H groups in total. The standard InChI is InChI=1S/C27H18Br2N2O6/c28-18-13-15(9-12-24(34)37-31-22(32)10-11-23(31)33)14-19(29)26(18)36-27(35)25-16-5-1-3-7-20(16)30-21-8-4-2-6-17(21)25/h1-8,13-14H,9-12H2. The van der Waals surface area contributed by atoms with Crippen LogP contribution < -0.4 is 4.74 Å². The van der Waals surface area contributed by atoms with Gasteiger partial charge in [-0.3, -0.25) is 9.59 Å². The highest BCUT2D eigenvalue weighted by atomic mass is 79.9. The van der Waals surface area contributed by atoms with Crippen LogP contribution in [-0.4, -0.2) is 33.8 Å². The minimum absolute atomic E-state index is 0.0390. The molecule has 2 amide bonds. The predicted octanol–water partition coefficient (Wildman–Crippen LogP) is 5.67. The largest absolute Gasteiger partial charge is 0.420 e. The number of carbonyl (C=O) groups excluding carboxylic acids is 4. The quantitative estimate of drug-likeness (QED) is 0.118. The molecule has 0 radical (unpaired) electrons. The van der Waals surface area contributed by atoms with Crippen LogP contribution in [0, 0.1) is 0 Å². The number of pyridine rings is 1. The third-order valence-corrected chi connectivity index (χ3v) is 7.04. The van der Waals surface area contributed by atoms with Crippen molar-refractivity contribution in [3.8, 4) is 5.75 Å². The average molecular weight is 626 g/mol. The number of para-hydroxylation sites is 2. The molecule has 3 aromatic carbocycles. The zero-order valence-corrected chi connectivity index (χ0v) is 22.4. The fourth-order valence-corrected chi connectivity index (χ4v) is 5.55. The van der Waals surface area contributed by atoms with Gasteiger partial charge in [0.2, 0.25) is 0 Å². The van der Waals surface area contributed by atoms with Gasteiger partial charge in [0, 0.05) is 23.6 Å². The second kappa shape index (κ2) is 10.4. The number of aromatic nitrogens is 1. The molecule has 1 aromatic heterocycles. The molecule has 4 aromatic rings. The molecule has 0 spiro atoms. The highest BCUT2D eigenvalue weighted by Gasteiger charge is 2.32. The van der Waals surface area contributed by atoms with Crippen molar-refractivity contribution in [3.05, 3.63) is 80.7 Å². The highest BCUT2D eigenvalue weighted by Crippen LogP contribution is 2.37. The molecule has 37 heavy (non-hydrogen) atoms. The number of carbonyl (C=O) groups is 4. The van der Waals surface area contributed by atoms with Crippen LogP contribution in [0.5, 0.6) is 5.75 Å². The molecule has 2 heterocycles. The molecule has 1 saturated heterocycles. The summed E-state index contributed by atoms with van der Waals surface area (Å²) in [6.45, 7) is 0. The first kappa shape index (κ1) is 25.0. The van der Waals surface area contributed by atoms with Crippen LogP contribution in [0.1, 0.15) is 35.2 Å². The number of aryl methyl sites for hydroxylation is 1. The van der Waals surface area contributed by atoms with E-state index in [0.29, 0.717) is 41.4 Å². The van der Waals surface area contributed by atoms with Gasteiger partial charge in [0.05, 0.1) is 32.0 Å². The molecule has 1 aliphatic heterocycles. The van der Waals surface area contributed by atoms with Crippen molar-refractivity contribution in [2.75, 3.05) is 0 Å². The maximum Gasteiger partial charge on any atom is 0.344 e. The summed E-state index contributed by atoms with van der Waals surface area (Å²) in [5.41, 5.74) is 2.53. The lowest BCUT2D eigenvalue weighted by atomic mass is 10.0. The van der Waals surface area contributed by atoms with E-state index in [1.54, 1.807) is 12.1 Å². The molecule has 1 aliphatic rings. The van der Waals surface area contributed by atoms with Crippen molar-refractivity contribution in [2.24, 2.45) is 0 Å². The lowest BCUT2D eigenvalue weighted by molar-refractivity contribution is -0.197. The topological polar surface area (TPSA) is 103 Å². The van der Waals surface area contributed by atoms with E-state index in [0.717, 1.165) is 5.56 Å². The van der Waals surface area contributed by atoms with Crippen LogP contribution in [0.25, 0.3) is 21.8 Å². The number of hydroxylamine groups is 2. The van der Waals surface area contributed by atoms with Gasteiger partial charge >= 0.3 is 11.9 Å². The molecular formula is C27H18Br2N2O6. The number of halogens is 2. The summed E-state index contributed by atoms with van der Waals surface area (Å²) < 4.78 is 6.85. The third kappa shape index (κ3) is 5.12. The van der Waals surface area contributed by atoms with Crippen molar-refractivity contribution in [3.63, 3.8) is 0 Å². The molecule has 0 atom stereocenters. The number of benzene rings is 3. The molecular weight excluding hydrogens is 608 g/mol. The normalized spacial score (nSPS) is 13.4. The van der Waals surface area contributed by atoms with Gasteiger partial charge in [-0.25, -0.2) is 14.6 Å². The summed E-state index contributed by atoms with van der Waals surface area (Å²) in [5.74, 6) is -1.99. The van der Waals surface area contributed by atoms with Crippen LogP contribution in [0.3, 0.4) is 0 Å². The first-order chi connectivity index (χ1) is 17.8. The van der Waals surface area contributed by atoms with Crippen molar-refractivity contribution in [1.29, 1.82) is 0 Å². The molecule has 1 fully saturated rings. The Bertz CT molecular complexity index is 1510. The Labute approximate surface area is 227 Å². The second-order valence-electron chi connectivity index (χ2n) is 8.34. The van der Waals surface area contributed by atoms with E-state index in [2.05, 4.69) is 36.8 Å². The first-order valence-electron chi connectivity index (χ1n) is 11.4. The number of imide groups is 1. The first-order valence-corrected chi connectivity index (χ1v) is 12.9. The van der Waals surface area contributed by atoms with Crippen molar-refractivity contribution < 1.29 is 28.8 Å². The molecule has 186 valence electrons. The Hall–Kier alpha value is -3.63. The van der Waals surface area contributed by atoms with Gasteiger partial charge in [-0.2, -0.15) is 0 Å². The Kier molecular flexibility index (Phi) is 7.03. The predicted molar refractivity (Wildman–Crippen MR) is 142 cm³/mol. The van der Waals surface area contributed by atoms with Crippen LogP contribution in [-0.2, 0) is 25.6 Å². The Morgan fingerprint density at radius 2 is 1.41 bits per heavy atom. The van der Waals surface area contributed by atoms with Crippen molar-refractivity contribution in [1.82, 2.24) is 10.0 Å². The van der Waals surface area contributed by atoms with E-state index < -0.39 is 23.8 Å². The van der Waals surface area contributed by atoms with Crippen LogP contribution in [0.15, 0.2) is 69.6 Å². The summed E-state index contributed by atoms with van der Waals surface area (Å²) in [4.78, 5) is 58.4. The van der Waals surface area contributed by atoms with E-state index in [-0.39, 0.29) is 31.4 Å². The molecule has 0 aliphatic carbocycles. The zero-order chi connectivity index (χ0) is 26.1. The number of hydrogen-bond acceptors (Lipinski definition) is 7. The van der Waals surface area contributed by atoms with Gasteiger partial charge in [-0.15, -0.1) is 5.06 Å². The number of nitrogens with zero attached hydrogens (tertiary/aromatic N) is 2. The number of esters is 1.